The Hall–Kier alpha value is -1.80. The van der Waals surface area contributed by atoms with Crippen molar-refractivity contribution in [3.8, 4) is 0 Å². The number of benzene rings is 2. The molecule has 3 heteroatoms. The summed E-state index contributed by atoms with van der Waals surface area (Å²) in [7, 11) is 0. The third kappa shape index (κ3) is 3.76. The summed E-state index contributed by atoms with van der Waals surface area (Å²) in [5, 5.41) is 3.90. The first kappa shape index (κ1) is 16.1. The van der Waals surface area contributed by atoms with Crippen LogP contribution in [-0.2, 0) is 16.6 Å². The minimum atomic E-state index is -0.328. The van der Waals surface area contributed by atoms with Crippen molar-refractivity contribution in [1.29, 1.82) is 0 Å². The van der Waals surface area contributed by atoms with E-state index in [4.69, 9.17) is 11.6 Å². The Labute approximate surface area is 142 Å². The number of amides is 1. The molecule has 1 atom stereocenters. The Morgan fingerprint density at radius 1 is 1.13 bits per heavy atom. The number of nitrogens with one attached hydrogen (secondary N) is 1. The zero-order valence-corrected chi connectivity index (χ0v) is 14.1. The minimum Gasteiger partial charge on any atom is -0.353 e. The van der Waals surface area contributed by atoms with Gasteiger partial charge in [0.1, 0.15) is 0 Å². The van der Waals surface area contributed by atoms with Crippen LogP contribution < -0.4 is 5.32 Å². The van der Waals surface area contributed by atoms with Crippen LogP contribution in [0, 0.1) is 0 Å². The number of rotatable bonds is 6. The van der Waals surface area contributed by atoms with Crippen molar-refractivity contribution in [2.75, 3.05) is 0 Å². The zero-order valence-electron chi connectivity index (χ0n) is 13.4. The van der Waals surface area contributed by atoms with Crippen molar-refractivity contribution < 1.29 is 4.79 Å². The smallest absolute Gasteiger partial charge is 0.230 e. The molecule has 1 unspecified atom stereocenters. The van der Waals surface area contributed by atoms with E-state index in [0.717, 1.165) is 31.2 Å². The maximum Gasteiger partial charge on any atom is 0.230 e. The molecular weight excluding hydrogens is 306 g/mol. The fourth-order valence-electron chi connectivity index (χ4n) is 3.00. The number of carbonyl (C=O) groups is 1. The molecule has 0 aliphatic heterocycles. The molecule has 3 rings (SSSR count). The number of carbonyl (C=O) groups excluding carboxylic acids is 1. The van der Waals surface area contributed by atoms with Crippen molar-refractivity contribution in [3.05, 3.63) is 70.7 Å². The van der Waals surface area contributed by atoms with Crippen LogP contribution >= 0.6 is 11.6 Å². The molecule has 0 saturated heterocycles. The Morgan fingerprint density at radius 2 is 1.78 bits per heavy atom. The highest BCUT2D eigenvalue weighted by Gasteiger charge is 2.51. The molecule has 0 heterocycles. The van der Waals surface area contributed by atoms with Crippen LogP contribution in [0.2, 0.25) is 5.02 Å². The lowest BCUT2D eigenvalue weighted by Crippen LogP contribution is -2.40. The van der Waals surface area contributed by atoms with E-state index in [1.165, 1.54) is 5.56 Å². The van der Waals surface area contributed by atoms with E-state index >= 15 is 0 Å². The van der Waals surface area contributed by atoms with E-state index < -0.39 is 0 Å². The lowest BCUT2D eigenvalue weighted by Gasteiger charge is -2.20. The fourth-order valence-corrected chi connectivity index (χ4v) is 3.13. The van der Waals surface area contributed by atoms with E-state index in [1.54, 1.807) is 0 Å². The molecule has 0 radical (unpaired) electrons. The number of halogens is 1. The van der Waals surface area contributed by atoms with E-state index in [1.807, 2.05) is 30.3 Å². The Balaban J connectivity index is 1.57. The molecule has 1 saturated carbocycles. The number of aryl methyl sites for hydroxylation is 1. The molecule has 1 N–H and O–H groups in total. The van der Waals surface area contributed by atoms with Crippen LogP contribution in [0.15, 0.2) is 54.6 Å². The highest BCUT2D eigenvalue weighted by atomic mass is 35.5. The third-order valence-corrected chi connectivity index (χ3v) is 4.92. The maximum absolute atomic E-state index is 12.7. The standard InChI is InChI=1S/C20H22ClNO/c1-15(7-8-16-5-3-2-4-6-16)22-19(23)20(13-14-20)17-9-11-18(21)12-10-17/h2-6,9-12,15H,7-8,13-14H2,1H3,(H,22,23). The summed E-state index contributed by atoms with van der Waals surface area (Å²) in [6.45, 7) is 2.08. The summed E-state index contributed by atoms with van der Waals surface area (Å²) in [6, 6.07) is 18.2. The molecule has 1 aliphatic carbocycles. The van der Waals surface area contributed by atoms with Gasteiger partial charge in [-0.1, -0.05) is 54.1 Å². The molecular formula is C20H22ClNO. The molecule has 1 aliphatic rings. The van der Waals surface area contributed by atoms with Gasteiger partial charge in [0.05, 0.1) is 5.41 Å². The molecule has 2 aromatic rings. The van der Waals surface area contributed by atoms with Crippen LogP contribution in [0.25, 0.3) is 0 Å². The summed E-state index contributed by atoms with van der Waals surface area (Å²) in [5.74, 6) is 0.153. The Morgan fingerprint density at radius 3 is 2.39 bits per heavy atom. The van der Waals surface area contributed by atoms with Crippen molar-refractivity contribution in [1.82, 2.24) is 5.32 Å². The maximum atomic E-state index is 12.7. The summed E-state index contributed by atoms with van der Waals surface area (Å²) in [6.07, 6.45) is 3.78. The SMILES string of the molecule is CC(CCc1ccccc1)NC(=O)C1(c2ccc(Cl)cc2)CC1. The minimum absolute atomic E-state index is 0.153. The topological polar surface area (TPSA) is 29.1 Å². The van der Waals surface area contributed by atoms with Gasteiger partial charge in [-0.15, -0.1) is 0 Å². The third-order valence-electron chi connectivity index (χ3n) is 4.67. The van der Waals surface area contributed by atoms with E-state index in [9.17, 15) is 4.79 Å². The number of hydrogen-bond donors (Lipinski definition) is 1. The average molecular weight is 328 g/mol. The van der Waals surface area contributed by atoms with Gasteiger partial charge in [0.2, 0.25) is 5.91 Å². The van der Waals surface area contributed by atoms with Gasteiger partial charge in [-0.05, 0) is 55.9 Å². The summed E-state index contributed by atoms with van der Waals surface area (Å²) < 4.78 is 0. The van der Waals surface area contributed by atoms with Gasteiger partial charge in [-0.25, -0.2) is 0 Å². The number of hydrogen-bond acceptors (Lipinski definition) is 1. The van der Waals surface area contributed by atoms with Crippen molar-refractivity contribution in [2.45, 2.75) is 44.1 Å². The second-order valence-electron chi connectivity index (χ2n) is 6.49. The molecule has 0 aromatic heterocycles. The largest absolute Gasteiger partial charge is 0.353 e. The Bertz CT molecular complexity index is 662. The van der Waals surface area contributed by atoms with Gasteiger partial charge < -0.3 is 5.32 Å². The van der Waals surface area contributed by atoms with Gasteiger partial charge in [0.15, 0.2) is 0 Å². The lowest BCUT2D eigenvalue weighted by molar-refractivity contribution is -0.124. The molecule has 0 bridgehead atoms. The molecule has 0 spiro atoms. The van der Waals surface area contributed by atoms with Gasteiger partial charge >= 0.3 is 0 Å². The second kappa shape index (κ2) is 6.76. The van der Waals surface area contributed by atoms with Gasteiger partial charge in [0.25, 0.3) is 0 Å². The molecule has 120 valence electrons. The monoisotopic (exact) mass is 327 g/mol. The fraction of sp³-hybridized carbons (Fsp3) is 0.350. The van der Waals surface area contributed by atoms with Gasteiger partial charge in [0, 0.05) is 11.1 Å². The first-order valence-corrected chi connectivity index (χ1v) is 8.59. The van der Waals surface area contributed by atoms with E-state index in [-0.39, 0.29) is 17.4 Å². The zero-order chi connectivity index (χ0) is 16.3. The summed E-state index contributed by atoms with van der Waals surface area (Å²) in [4.78, 5) is 12.7. The van der Waals surface area contributed by atoms with Crippen LogP contribution in [0.1, 0.15) is 37.3 Å². The van der Waals surface area contributed by atoms with Crippen molar-refractivity contribution in [2.24, 2.45) is 0 Å². The van der Waals surface area contributed by atoms with Crippen LogP contribution in [0.5, 0.6) is 0 Å². The quantitative estimate of drug-likeness (QED) is 0.831. The van der Waals surface area contributed by atoms with E-state index in [0.29, 0.717) is 5.02 Å². The van der Waals surface area contributed by atoms with Gasteiger partial charge in [-0.3, -0.25) is 4.79 Å². The average Bonchev–Trinajstić information content (AvgIpc) is 3.36. The van der Waals surface area contributed by atoms with Crippen LogP contribution in [0.3, 0.4) is 0 Å². The Kier molecular flexibility index (Phi) is 4.72. The molecule has 23 heavy (non-hydrogen) atoms. The highest BCUT2D eigenvalue weighted by Crippen LogP contribution is 2.48. The predicted molar refractivity (Wildman–Crippen MR) is 94.7 cm³/mol. The first-order chi connectivity index (χ1) is 11.1. The highest BCUT2D eigenvalue weighted by molar-refractivity contribution is 6.30. The first-order valence-electron chi connectivity index (χ1n) is 8.21. The second-order valence-corrected chi connectivity index (χ2v) is 6.92. The van der Waals surface area contributed by atoms with E-state index in [2.05, 4.69) is 36.5 Å². The van der Waals surface area contributed by atoms with Crippen LogP contribution in [0.4, 0.5) is 0 Å². The van der Waals surface area contributed by atoms with Crippen molar-refractivity contribution in [3.63, 3.8) is 0 Å². The van der Waals surface area contributed by atoms with Crippen molar-refractivity contribution >= 4 is 17.5 Å². The summed E-state index contributed by atoms with van der Waals surface area (Å²) >= 11 is 5.94. The van der Waals surface area contributed by atoms with Gasteiger partial charge in [-0.2, -0.15) is 0 Å². The van der Waals surface area contributed by atoms with Crippen LogP contribution in [-0.4, -0.2) is 11.9 Å². The summed E-state index contributed by atoms with van der Waals surface area (Å²) in [5.41, 5.74) is 2.06. The predicted octanol–water partition coefficient (Wildman–Crippen LogP) is 4.51. The molecule has 1 fully saturated rings. The molecule has 2 nitrogen and oxygen atoms in total. The molecule has 1 amide bonds. The molecule has 2 aromatic carbocycles. The normalized spacial score (nSPS) is 16.6. The lowest BCUT2D eigenvalue weighted by atomic mass is 9.94.